The number of amides is 1. The largest absolute Gasteiger partial charge is 0.345 e. The molecule has 3 aromatic carbocycles. The molecular formula is C28H27BrN2O. The molecule has 0 unspecified atom stereocenters. The van der Waals surface area contributed by atoms with Crippen LogP contribution >= 0.6 is 15.9 Å². The van der Waals surface area contributed by atoms with Gasteiger partial charge >= 0.3 is 0 Å². The van der Waals surface area contributed by atoms with Crippen molar-refractivity contribution in [1.29, 1.82) is 0 Å². The van der Waals surface area contributed by atoms with Crippen LogP contribution in [0.3, 0.4) is 0 Å². The third kappa shape index (κ3) is 5.57. The molecule has 0 saturated heterocycles. The fraction of sp³-hybridized carbons (Fsp3) is 0.179. The van der Waals surface area contributed by atoms with E-state index in [1.807, 2.05) is 47.4 Å². The number of nitrogens with zero attached hydrogens (tertiary/aromatic N) is 2. The van der Waals surface area contributed by atoms with Crippen molar-refractivity contribution in [3.8, 4) is 0 Å². The molecule has 32 heavy (non-hydrogen) atoms. The van der Waals surface area contributed by atoms with E-state index < -0.39 is 0 Å². The smallest absolute Gasteiger partial charge is 0.254 e. The number of halogens is 1. The van der Waals surface area contributed by atoms with Crippen LogP contribution in [0.25, 0.3) is 0 Å². The second-order valence-corrected chi connectivity index (χ2v) is 8.87. The molecule has 0 radical (unpaired) electrons. The first kappa shape index (κ1) is 22.1. The van der Waals surface area contributed by atoms with Gasteiger partial charge in [-0.2, -0.15) is 0 Å². The Hall–Kier alpha value is -3.11. The zero-order valence-electron chi connectivity index (χ0n) is 18.2. The number of carbonyl (C=O) groups is 1. The molecule has 162 valence electrons. The standard InChI is InChI=1S/C28H27BrN2O/c1-2-22-10-14-25(15-11-22)28(32)31(20-23-7-4-3-5-8-23)21-27-9-6-18-30(27)19-24-12-16-26(29)17-13-24/h3-18H,2,19-21H2,1H3. The minimum Gasteiger partial charge on any atom is -0.345 e. The van der Waals surface area contributed by atoms with Crippen molar-refractivity contribution in [2.45, 2.75) is 33.0 Å². The Bertz CT molecular complexity index is 1150. The summed E-state index contributed by atoms with van der Waals surface area (Å²) < 4.78 is 3.29. The highest BCUT2D eigenvalue weighted by molar-refractivity contribution is 9.10. The van der Waals surface area contributed by atoms with E-state index in [1.165, 1.54) is 11.1 Å². The molecule has 0 spiro atoms. The molecule has 4 heteroatoms. The Morgan fingerprint density at radius 3 is 2.16 bits per heavy atom. The van der Waals surface area contributed by atoms with Gasteiger partial charge in [-0.15, -0.1) is 0 Å². The lowest BCUT2D eigenvalue weighted by Gasteiger charge is -2.24. The first-order chi connectivity index (χ1) is 15.6. The lowest BCUT2D eigenvalue weighted by atomic mass is 10.1. The predicted molar refractivity (Wildman–Crippen MR) is 134 cm³/mol. The van der Waals surface area contributed by atoms with Gasteiger partial charge in [-0.1, -0.05) is 77.5 Å². The molecular weight excluding hydrogens is 460 g/mol. The molecule has 0 aliphatic heterocycles. The van der Waals surface area contributed by atoms with E-state index in [0.29, 0.717) is 13.1 Å². The van der Waals surface area contributed by atoms with E-state index in [1.54, 1.807) is 0 Å². The molecule has 0 bridgehead atoms. The van der Waals surface area contributed by atoms with E-state index in [9.17, 15) is 4.79 Å². The van der Waals surface area contributed by atoms with Gasteiger partial charge in [0.05, 0.1) is 6.54 Å². The predicted octanol–water partition coefficient (Wildman–Crippen LogP) is 6.70. The molecule has 1 aromatic heterocycles. The maximum absolute atomic E-state index is 13.5. The van der Waals surface area contributed by atoms with Crippen LogP contribution in [0, 0.1) is 0 Å². The molecule has 0 aliphatic rings. The average molecular weight is 487 g/mol. The maximum Gasteiger partial charge on any atom is 0.254 e. The summed E-state index contributed by atoms with van der Waals surface area (Å²) in [6.07, 6.45) is 3.05. The van der Waals surface area contributed by atoms with Crippen molar-refractivity contribution >= 4 is 21.8 Å². The first-order valence-electron chi connectivity index (χ1n) is 10.9. The molecule has 0 aliphatic carbocycles. The number of hydrogen-bond acceptors (Lipinski definition) is 1. The third-order valence-electron chi connectivity index (χ3n) is 5.66. The number of aromatic nitrogens is 1. The lowest BCUT2D eigenvalue weighted by Crippen LogP contribution is -2.31. The highest BCUT2D eigenvalue weighted by atomic mass is 79.9. The molecule has 1 heterocycles. The lowest BCUT2D eigenvalue weighted by molar-refractivity contribution is 0.0726. The van der Waals surface area contributed by atoms with Crippen molar-refractivity contribution in [3.05, 3.63) is 130 Å². The van der Waals surface area contributed by atoms with Gasteiger partial charge in [0.15, 0.2) is 0 Å². The summed E-state index contributed by atoms with van der Waals surface area (Å²) in [6.45, 7) is 4.01. The zero-order chi connectivity index (χ0) is 22.3. The summed E-state index contributed by atoms with van der Waals surface area (Å²) in [6, 6.07) is 30.7. The maximum atomic E-state index is 13.5. The van der Waals surface area contributed by atoms with Crippen LogP contribution in [0.15, 0.2) is 102 Å². The van der Waals surface area contributed by atoms with Crippen molar-refractivity contribution in [3.63, 3.8) is 0 Å². The Morgan fingerprint density at radius 2 is 1.47 bits per heavy atom. The van der Waals surface area contributed by atoms with Crippen molar-refractivity contribution in [2.75, 3.05) is 0 Å². The van der Waals surface area contributed by atoms with Crippen LogP contribution in [0.2, 0.25) is 0 Å². The molecule has 1 amide bonds. The monoisotopic (exact) mass is 486 g/mol. The van der Waals surface area contributed by atoms with Gasteiger partial charge in [0, 0.05) is 35.0 Å². The van der Waals surface area contributed by atoms with E-state index in [4.69, 9.17) is 0 Å². The molecule has 3 nitrogen and oxygen atoms in total. The molecule has 4 rings (SSSR count). The van der Waals surface area contributed by atoms with E-state index in [0.717, 1.165) is 34.3 Å². The van der Waals surface area contributed by atoms with Crippen molar-refractivity contribution < 1.29 is 4.79 Å². The summed E-state index contributed by atoms with van der Waals surface area (Å²) in [4.78, 5) is 15.4. The van der Waals surface area contributed by atoms with Crippen molar-refractivity contribution in [1.82, 2.24) is 9.47 Å². The normalized spacial score (nSPS) is 10.8. The average Bonchev–Trinajstić information content (AvgIpc) is 3.27. The quantitative estimate of drug-likeness (QED) is 0.271. The number of benzene rings is 3. The molecule has 4 aromatic rings. The van der Waals surface area contributed by atoms with Crippen molar-refractivity contribution in [2.24, 2.45) is 0 Å². The summed E-state index contributed by atoms with van der Waals surface area (Å²) in [5.74, 6) is 0.0490. The van der Waals surface area contributed by atoms with Crippen LogP contribution in [0.1, 0.15) is 39.7 Å². The Kier molecular flexibility index (Phi) is 7.23. The summed E-state index contributed by atoms with van der Waals surface area (Å²) in [5, 5.41) is 0. The van der Waals surface area contributed by atoms with Crippen LogP contribution in [0.4, 0.5) is 0 Å². The van der Waals surface area contributed by atoms with E-state index >= 15 is 0 Å². The van der Waals surface area contributed by atoms with Crippen LogP contribution in [-0.4, -0.2) is 15.4 Å². The topological polar surface area (TPSA) is 25.2 Å². The van der Waals surface area contributed by atoms with Gasteiger partial charge in [0.1, 0.15) is 0 Å². The van der Waals surface area contributed by atoms with Gasteiger partial charge in [-0.25, -0.2) is 0 Å². The fourth-order valence-electron chi connectivity index (χ4n) is 3.80. The molecule has 0 N–H and O–H groups in total. The van der Waals surface area contributed by atoms with Crippen LogP contribution < -0.4 is 0 Å². The minimum absolute atomic E-state index is 0.0490. The van der Waals surface area contributed by atoms with Gasteiger partial charge in [0.25, 0.3) is 5.91 Å². The van der Waals surface area contributed by atoms with E-state index in [2.05, 4.69) is 82.1 Å². The molecule has 0 fully saturated rings. The second kappa shape index (κ2) is 10.5. The van der Waals surface area contributed by atoms with Gasteiger partial charge in [0.2, 0.25) is 0 Å². The second-order valence-electron chi connectivity index (χ2n) is 7.95. The fourth-order valence-corrected chi connectivity index (χ4v) is 4.06. The first-order valence-corrected chi connectivity index (χ1v) is 11.7. The number of aryl methyl sites for hydroxylation is 1. The minimum atomic E-state index is 0.0490. The highest BCUT2D eigenvalue weighted by Crippen LogP contribution is 2.18. The SMILES string of the molecule is CCc1ccc(C(=O)N(Cc2ccccc2)Cc2cccn2Cc2ccc(Br)cc2)cc1. The number of carbonyl (C=O) groups excluding carboxylic acids is 1. The number of rotatable bonds is 8. The van der Waals surface area contributed by atoms with Crippen LogP contribution in [-0.2, 0) is 26.1 Å². The van der Waals surface area contributed by atoms with Crippen LogP contribution in [0.5, 0.6) is 0 Å². The highest BCUT2D eigenvalue weighted by Gasteiger charge is 2.18. The number of hydrogen-bond donors (Lipinski definition) is 0. The van der Waals surface area contributed by atoms with Gasteiger partial charge < -0.3 is 9.47 Å². The Labute approximate surface area is 198 Å². The summed E-state index contributed by atoms with van der Waals surface area (Å²) >= 11 is 3.50. The molecule has 0 atom stereocenters. The van der Waals surface area contributed by atoms with Gasteiger partial charge in [-0.05, 0) is 59.5 Å². The molecule has 0 saturated carbocycles. The van der Waals surface area contributed by atoms with E-state index in [-0.39, 0.29) is 5.91 Å². The third-order valence-corrected chi connectivity index (χ3v) is 6.18. The summed E-state index contributed by atoms with van der Waals surface area (Å²) in [7, 11) is 0. The van der Waals surface area contributed by atoms with Gasteiger partial charge in [-0.3, -0.25) is 4.79 Å². The Balaban J connectivity index is 1.58. The Morgan fingerprint density at radius 1 is 0.781 bits per heavy atom. The zero-order valence-corrected chi connectivity index (χ0v) is 19.8. The summed E-state index contributed by atoms with van der Waals surface area (Å²) in [5.41, 5.74) is 5.42.